The number of aryl methyl sites for hydroxylation is 1. The lowest BCUT2D eigenvalue weighted by atomic mass is 10.1. The van der Waals surface area contributed by atoms with Gasteiger partial charge < -0.3 is 4.90 Å². The van der Waals surface area contributed by atoms with E-state index < -0.39 is 0 Å². The van der Waals surface area contributed by atoms with Crippen LogP contribution in [-0.4, -0.2) is 39.9 Å². The summed E-state index contributed by atoms with van der Waals surface area (Å²) in [4.78, 5) is 2.67. The third kappa shape index (κ3) is 10.5. The summed E-state index contributed by atoms with van der Waals surface area (Å²) < 4.78 is 0. The maximum Gasteiger partial charge on any atom is 0.116 e. The molecule has 0 unspecified atom stereocenters. The number of benzene rings is 1. The van der Waals surface area contributed by atoms with Crippen LogP contribution in [0.5, 0.6) is 0 Å². The van der Waals surface area contributed by atoms with Crippen LogP contribution in [0.4, 0.5) is 0 Å². The molecule has 0 radical (unpaired) electrons. The van der Waals surface area contributed by atoms with Crippen LogP contribution in [-0.2, 0) is 6.42 Å². The van der Waals surface area contributed by atoms with Crippen molar-refractivity contribution in [2.75, 3.05) is 19.6 Å². The molecule has 174 valence electrons. The highest BCUT2D eigenvalue weighted by atomic mass is 15.3. The number of hydrogen-bond acceptors (Lipinski definition) is 3. The molecule has 0 fully saturated rings. The van der Waals surface area contributed by atoms with E-state index in [1.807, 2.05) is 0 Å². The Morgan fingerprint density at radius 1 is 0.677 bits per heavy atom. The van der Waals surface area contributed by atoms with Crippen LogP contribution < -0.4 is 0 Å². The molecule has 2 aromatic rings. The maximum atomic E-state index is 4.48. The first-order valence-corrected chi connectivity index (χ1v) is 12.9. The van der Waals surface area contributed by atoms with Gasteiger partial charge in [-0.05, 0) is 32.9 Å². The molecule has 1 N–H and O–H groups in total. The molecule has 0 aliphatic heterocycles. The van der Waals surface area contributed by atoms with Gasteiger partial charge in [-0.2, -0.15) is 15.4 Å². The molecule has 0 spiro atoms. The van der Waals surface area contributed by atoms with Gasteiger partial charge in [-0.1, -0.05) is 108 Å². The first-order chi connectivity index (χ1) is 15.2. The predicted octanol–water partition coefficient (Wildman–Crippen LogP) is 7.35. The van der Waals surface area contributed by atoms with E-state index >= 15 is 0 Å². The molecule has 0 amide bonds. The molecule has 4 heteroatoms. The van der Waals surface area contributed by atoms with Crippen molar-refractivity contribution >= 4 is 0 Å². The number of unbranched alkanes of at least 4 members (excludes halogenated alkanes) is 10. The largest absolute Gasteiger partial charge is 0.303 e. The molecule has 1 aromatic heterocycles. The molecule has 0 aliphatic carbocycles. The third-order valence-electron chi connectivity index (χ3n) is 6.27. The van der Waals surface area contributed by atoms with Gasteiger partial charge in [-0.25, -0.2) is 0 Å². The van der Waals surface area contributed by atoms with Gasteiger partial charge in [0.2, 0.25) is 0 Å². The van der Waals surface area contributed by atoms with Crippen molar-refractivity contribution in [2.45, 2.75) is 104 Å². The zero-order chi connectivity index (χ0) is 22.2. The van der Waals surface area contributed by atoms with Crippen LogP contribution in [0.15, 0.2) is 24.3 Å². The van der Waals surface area contributed by atoms with Crippen LogP contribution in [0.25, 0.3) is 11.3 Å². The van der Waals surface area contributed by atoms with Gasteiger partial charge in [0.25, 0.3) is 0 Å². The van der Waals surface area contributed by atoms with Gasteiger partial charge in [0.15, 0.2) is 0 Å². The standard InChI is InChI=1S/C27H46N4/c1-4-6-8-10-12-14-21-31(22-15-13-11-9-7-5-2)23-20-26-27(29-30-28-26)25-18-16-24(3)17-19-25/h16-19H,4-15,20-23H2,1-3H3,(H,28,29,30). The molecule has 31 heavy (non-hydrogen) atoms. The third-order valence-corrected chi connectivity index (χ3v) is 6.27. The van der Waals surface area contributed by atoms with Crippen molar-refractivity contribution in [3.63, 3.8) is 0 Å². The molecule has 2 rings (SSSR count). The molecule has 0 atom stereocenters. The van der Waals surface area contributed by atoms with E-state index in [0.717, 1.165) is 29.9 Å². The topological polar surface area (TPSA) is 44.8 Å². The molecule has 1 heterocycles. The second-order valence-corrected chi connectivity index (χ2v) is 9.11. The van der Waals surface area contributed by atoms with Crippen molar-refractivity contribution in [3.05, 3.63) is 35.5 Å². The summed E-state index contributed by atoms with van der Waals surface area (Å²) in [6, 6.07) is 8.61. The molecular formula is C27H46N4. The first-order valence-electron chi connectivity index (χ1n) is 12.9. The zero-order valence-corrected chi connectivity index (χ0v) is 20.5. The predicted molar refractivity (Wildman–Crippen MR) is 133 cm³/mol. The Morgan fingerprint density at radius 2 is 1.23 bits per heavy atom. The average molecular weight is 427 g/mol. The number of rotatable bonds is 18. The number of nitrogens with one attached hydrogen (secondary N) is 1. The summed E-state index contributed by atoms with van der Waals surface area (Å²) >= 11 is 0. The highest BCUT2D eigenvalue weighted by molar-refractivity contribution is 5.61. The smallest absolute Gasteiger partial charge is 0.116 e. The summed E-state index contributed by atoms with van der Waals surface area (Å²) in [5.41, 5.74) is 4.55. The molecule has 4 nitrogen and oxygen atoms in total. The molecule has 0 saturated carbocycles. The summed E-state index contributed by atoms with van der Waals surface area (Å²) in [6.07, 6.45) is 17.3. The molecular weight excluding hydrogens is 380 g/mol. The summed E-state index contributed by atoms with van der Waals surface area (Å²) in [7, 11) is 0. The van der Waals surface area contributed by atoms with E-state index in [0.29, 0.717) is 0 Å². The Morgan fingerprint density at radius 3 is 1.81 bits per heavy atom. The fourth-order valence-corrected chi connectivity index (χ4v) is 4.20. The molecule has 0 bridgehead atoms. The lowest BCUT2D eigenvalue weighted by molar-refractivity contribution is 0.262. The lowest BCUT2D eigenvalue weighted by Crippen LogP contribution is -2.28. The second-order valence-electron chi connectivity index (χ2n) is 9.11. The monoisotopic (exact) mass is 426 g/mol. The summed E-state index contributed by atoms with van der Waals surface area (Å²) in [6.45, 7) is 10.2. The Bertz CT molecular complexity index is 661. The van der Waals surface area contributed by atoms with Crippen molar-refractivity contribution in [1.29, 1.82) is 0 Å². The minimum Gasteiger partial charge on any atom is -0.303 e. The number of nitrogens with zero attached hydrogens (tertiary/aromatic N) is 3. The van der Waals surface area contributed by atoms with E-state index in [1.165, 1.54) is 95.7 Å². The van der Waals surface area contributed by atoms with E-state index in [9.17, 15) is 0 Å². The Balaban J connectivity index is 1.83. The SMILES string of the molecule is CCCCCCCCN(CCCCCCCC)CCc1n[nH]nc1-c1ccc(C)cc1. The fourth-order valence-electron chi connectivity index (χ4n) is 4.20. The van der Waals surface area contributed by atoms with Crippen LogP contribution in [0.1, 0.15) is 102 Å². The van der Waals surface area contributed by atoms with Crippen LogP contribution in [0.2, 0.25) is 0 Å². The molecule has 1 aromatic carbocycles. The Kier molecular flexibility index (Phi) is 13.2. The second kappa shape index (κ2) is 16.0. The van der Waals surface area contributed by atoms with Gasteiger partial charge in [0.1, 0.15) is 5.69 Å². The van der Waals surface area contributed by atoms with Gasteiger partial charge in [0, 0.05) is 18.5 Å². The van der Waals surface area contributed by atoms with E-state index in [1.54, 1.807) is 0 Å². The van der Waals surface area contributed by atoms with Crippen LogP contribution >= 0.6 is 0 Å². The number of aromatic amines is 1. The minimum absolute atomic E-state index is 0.964. The highest BCUT2D eigenvalue weighted by Crippen LogP contribution is 2.21. The zero-order valence-electron chi connectivity index (χ0n) is 20.5. The van der Waals surface area contributed by atoms with Crippen molar-refractivity contribution in [1.82, 2.24) is 20.3 Å². The van der Waals surface area contributed by atoms with Gasteiger partial charge in [-0.3, -0.25) is 0 Å². The maximum absolute atomic E-state index is 4.48. The quantitative estimate of drug-likeness (QED) is 0.253. The van der Waals surface area contributed by atoms with Crippen LogP contribution in [0.3, 0.4) is 0 Å². The molecule has 0 saturated heterocycles. The number of aromatic nitrogens is 3. The Hall–Kier alpha value is -1.68. The Labute approximate surface area is 191 Å². The number of H-pyrrole nitrogens is 1. The van der Waals surface area contributed by atoms with Gasteiger partial charge in [0.05, 0.1) is 5.69 Å². The summed E-state index contributed by atoms with van der Waals surface area (Å²) in [5.74, 6) is 0. The summed E-state index contributed by atoms with van der Waals surface area (Å²) in [5, 5.41) is 11.8. The van der Waals surface area contributed by atoms with Crippen molar-refractivity contribution in [2.24, 2.45) is 0 Å². The van der Waals surface area contributed by atoms with E-state index in [2.05, 4.69) is 65.3 Å². The van der Waals surface area contributed by atoms with Crippen molar-refractivity contribution in [3.8, 4) is 11.3 Å². The minimum atomic E-state index is 0.964. The fraction of sp³-hybridized carbons (Fsp3) is 0.704. The van der Waals surface area contributed by atoms with Crippen LogP contribution in [0, 0.1) is 6.92 Å². The average Bonchev–Trinajstić information content (AvgIpc) is 3.25. The van der Waals surface area contributed by atoms with Gasteiger partial charge >= 0.3 is 0 Å². The number of hydrogen-bond donors (Lipinski definition) is 1. The van der Waals surface area contributed by atoms with E-state index in [4.69, 9.17) is 0 Å². The highest BCUT2D eigenvalue weighted by Gasteiger charge is 2.12. The van der Waals surface area contributed by atoms with E-state index in [-0.39, 0.29) is 0 Å². The lowest BCUT2D eigenvalue weighted by Gasteiger charge is -2.22. The first kappa shape index (κ1) is 25.6. The van der Waals surface area contributed by atoms with Gasteiger partial charge in [-0.15, -0.1) is 0 Å². The normalized spacial score (nSPS) is 11.5. The molecule has 0 aliphatic rings. The van der Waals surface area contributed by atoms with Crippen molar-refractivity contribution < 1.29 is 0 Å².